The summed E-state index contributed by atoms with van der Waals surface area (Å²) in [5.41, 5.74) is 1.26. The predicted molar refractivity (Wildman–Crippen MR) is 84.4 cm³/mol. The third-order valence-corrected chi connectivity index (χ3v) is 4.08. The standard InChI is InChI=1S/C17H28N2O/c1-15-6-3-8-17(14-15)20-13-5-12-19(2)16-7-4-10-18-11-9-16/h3,6,8,14,16,18H,4-5,7,9-13H2,1-2H3. The highest BCUT2D eigenvalue weighted by Gasteiger charge is 2.15. The lowest BCUT2D eigenvalue weighted by molar-refractivity contribution is 0.202. The molecule has 1 heterocycles. The minimum atomic E-state index is 0.740. The van der Waals surface area contributed by atoms with Crippen molar-refractivity contribution >= 4 is 0 Å². The fourth-order valence-electron chi connectivity index (χ4n) is 2.83. The van der Waals surface area contributed by atoms with Gasteiger partial charge in [-0.3, -0.25) is 0 Å². The molecule has 0 bridgehead atoms. The maximum atomic E-state index is 5.81. The molecule has 1 unspecified atom stereocenters. The van der Waals surface area contributed by atoms with Gasteiger partial charge in [-0.25, -0.2) is 0 Å². The molecule has 0 amide bonds. The Balaban J connectivity index is 1.64. The summed E-state index contributed by atoms with van der Waals surface area (Å²) in [7, 11) is 2.25. The summed E-state index contributed by atoms with van der Waals surface area (Å²) in [6.45, 7) is 6.37. The van der Waals surface area contributed by atoms with Crippen LogP contribution in [-0.2, 0) is 0 Å². The summed E-state index contributed by atoms with van der Waals surface area (Å²) < 4.78 is 5.81. The van der Waals surface area contributed by atoms with Gasteiger partial charge in [-0.1, -0.05) is 12.1 Å². The van der Waals surface area contributed by atoms with E-state index in [1.165, 1.54) is 31.4 Å². The van der Waals surface area contributed by atoms with Crippen LogP contribution in [0.2, 0.25) is 0 Å². The zero-order chi connectivity index (χ0) is 14.2. The number of nitrogens with zero attached hydrogens (tertiary/aromatic N) is 1. The molecule has 1 saturated heterocycles. The number of hydrogen-bond donors (Lipinski definition) is 1. The van der Waals surface area contributed by atoms with E-state index in [0.29, 0.717) is 0 Å². The average Bonchev–Trinajstić information content (AvgIpc) is 2.72. The van der Waals surface area contributed by atoms with E-state index in [9.17, 15) is 0 Å². The Morgan fingerprint density at radius 1 is 1.30 bits per heavy atom. The summed E-state index contributed by atoms with van der Waals surface area (Å²) in [5, 5.41) is 3.47. The molecular weight excluding hydrogens is 248 g/mol. The van der Waals surface area contributed by atoms with Gasteiger partial charge in [0.15, 0.2) is 0 Å². The highest BCUT2D eigenvalue weighted by molar-refractivity contribution is 5.27. The molecule has 112 valence electrons. The van der Waals surface area contributed by atoms with E-state index >= 15 is 0 Å². The van der Waals surface area contributed by atoms with Crippen LogP contribution in [0.5, 0.6) is 5.75 Å². The molecule has 3 nitrogen and oxygen atoms in total. The molecule has 1 N–H and O–H groups in total. The van der Waals surface area contributed by atoms with E-state index in [1.807, 2.05) is 6.07 Å². The first-order chi connectivity index (χ1) is 9.75. The average molecular weight is 276 g/mol. The molecular formula is C17H28N2O. The smallest absolute Gasteiger partial charge is 0.119 e. The molecule has 0 spiro atoms. The summed E-state index contributed by atoms with van der Waals surface area (Å²) in [5.74, 6) is 0.992. The second kappa shape index (κ2) is 8.28. The third-order valence-electron chi connectivity index (χ3n) is 4.08. The van der Waals surface area contributed by atoms with Crippen LogP contribution >= 0.6 is 0 Å². The van der Waals surface area contributed by atoms with Crippen molar-refractivity contribution < 1.29 is 4.74 Å². The van der Waals surface area contributed by atoms with Crippen LogP contribution in [0.15, 0.2) is 24.3 Å². The zero-order valence-electron chi connectivity index (χ0n) is 12.9. The normalized spacial score (nSPS) is 19.9. The number of nitrogens with one attached hydrogen (secondary N) is 1. The van der Waals surface area contributed by atoms with E-state index in [4.69, 9.17) is 4.74 Å². The van der Waals surface area contributed by atoms with Crippen molar-refractivity contribution in [2.24, 2.45) is 0 Å². The maximum Gasteiger partial charge on any atom is 0.119 e. The van der Waals surface area contributed by atoms with Gasteiger partial charge < -0.3 is 15.0 Å². The monoisotopic (exact) mass is 276 g/mol. The molecule has 1 aromatic rings. The molecule has 1 aliphatic heterocycles. The van der Waals surface area contributed by atoms with E-state index in [2.05, 4.69) is 42.4 Å². The van der Waals surface area contributed by atoms with Gasteiger partial charge in [-0.2, -0.15) is 0 Å². The van der Waals surface area contributed by atoms with Crippen LogP contribution in [0.4, 0.5) is 0 Å². The molecule has 3 heteroatoms. The van der Waals surface area contributed by atoms with E-state index < -0.39 is 0 Å². The SMILES string of the molecule is Cc1cccc(OCCCN(C)C2CCCNCC2)c1. The molecule has 2 rings (SSSR count). The first kappa shape index (κ1) is 15.3. The lowest BCUT2D eigenvalue weighted by Gasteiger charge is -2.26. The predicted octanol–water partition coefficient (Wildman–Crippen LogP) is 2.84. The molecule has 20 heavy (non-hydrogen) atoms. The Hall–Kier alpha value is -1.06. The summed E-state index contributed by atoms with van der Waals surface area (Å²) >= 11 is 0. The summed E-state index contributed by atoms with van der Waals surface area (Å²) in [4.78, 5) is 2.51. The van der Waals surface area contributed by atoms with Crippen molar-refractivity contribution in [3.63, 3.8) is 0 Å². The fraction of sp³-hybridized carbons (Fsp3) is 0.647. The largest absolute Gasteiger partial charge is 0.494 e. The molecule has 1 aliphatic rings. The van der Waals surface area contributed by atoms with Gasteiger partial charge in [-0.15, -0.1) is 0 Å². The first-order valence-electron chi connectivity index (χ1n) is 7.86. The molecule has 0 radical (unpaired) electrons. The highest BCUT2D eigenvalue weighted by Crippen LogP contribution is 2.14. The Morgan fingerprint density at radius 3 is 3.05 bits per heavy atom. The third kappa shape index (κ3) is 5.14. The van der Waals surface area contributed by atoms with Gasteiger partial charge in [0.2, 0.25) is 0 Å². The fourth-order valence-corrected chi connectivity index (χ4v) is 2.83. The van der Waals surface area contributed by atoms with Crippen molar-refractivity contribution in [2.75, 3.05) is 33.3 Å². The second-order valence-electron chi connectivity index (χ2n) is 5.83. The summed E-state index contributed by atoms with van der Waals surface area (Å²) in [6, 6.07) is 9.02. The highest BCUT2D eigenvalue weighted by atomic mass is 16.5. The Labute approximate surface area is 123 Å². The lowest BCUT2D eigenvalue weighted by Crippen LogP contribution is -2.33. The van der Waals surface area contributed by atoms with Gasteiger partial charge in [0, 0.05) is 12.6 Å². The van der Waals surface area contributed by atoms with Crippen LogP contribution in [-0.4, -0.2) is 44.2 Å². The number of benzene rings is 1. The maximum absolute atomic E-state index is 5.81. The Morgan fingerprint density at radius 2 is 2.20 bits per heavy atom. The molecule has 0 saturated carbocycles. The van der Waals surface area contributed by atoms with Crippen molar-refractivity contribution in [1.29, 1.82) is 0 Å². The van der Waals surface area contributed by atoms with Crippen LogP contribution in [0, 0.1) is 6.92 Å². The minimum absolute atomic E-state index is 0.740. The summed E-state index contributed by atoms with van der Waals surface area (Å²) in [6.07, 6.45) is 4.99. The molecule has 1 fully saturated rings. The quantitative estimate of drug-likeness (QED) is 0.809. The molecule has 1 atom stereocenters. The van der Waals surface area contributed by atoms with Gasteiger partial charge in [0.1, 0.15) is 5.75 Å². The lowest BCUT2D eigenvalue weighted by atomic mass is 10.1. The second-order valence-corrected chi connectivity index (χ2v) is 5.83. The van der Waals surface area contributed by atoms with Gasteiger partial charge in [0.05, 0.1) is 6.61 Å². The molecule has 1 aromatic carbocycles. The van der Waals surface area contributed by atoms with Crippen molar-refractivity contribution in [3.05, 3.63) is 29.8 Å². The molecule has 0 aliphatic carbocycles. The number of aryl methyl sites for hydroxylation is 1. The van der Waals surface area contributed by atoms with Gasteiger partial charge in [-0.05, 0) is 70.4 Å². The molecule has 0 aromatic heterocycles. The van der Waals surface area contributed by atoms with E-state index in [0.717, 1.165) is 37.9 Å². The zero-order valence-corrected chi connectivity index (χ0v) is 12.9. The number of hydrogen-bond acceptors (Lipinski definition) is 3. The van der Waals surface area contributed by atoms with Crippen LogP contribution in [0.25, 0.3) is 0 Å². The van der Waals surface area contributed by atoms with Crippen molar-refractivity contribution in [2.45, 2.75) is 38.6 Å². The van der Waals surface area contributed by atoms with Crippen LogP contribution < -0.4 is 10.1 Å². The first-order valence-corrected chi connectivity index (χ1v) is 7.86. The van der Waals surface area contributed by atoms with Crippen molar-refractivity contribution in [3.8, 4) is 5.75 Å². The number of ether oxygens (including phenoxy) is 1. The van der Waals surface area contributed by atoms with Crippen molar-refractivity contribution in [1.82, 2.24) is 10.2 Å². The van der Waals surface area contributed by atoms with Crippen LogP contribution in [0.1, 0.15) is 31.2 Å². The Kier molecular flexibility index (Phi) is 6.34. The van der Waals surface area contributed by atoms with E-state index in [-0.39, 0.29) is 0 Å². The minimum Gasteiger partial charge on any atom is -0.494 e. The Bertz CT molecular complexity index is 386. The van der Waals surface area contributed by atoms with E-state index in [1.54, 1.807) is 0 Å². The van der Waals surface area contributed by atoms with Gasteiger partial charge in [0.25, 0.3) is 0 Å². The van der Waals surface area contributed by atoms with Gasteiger partial charge >= 0.3 is 0 Å². The number of rotatable bonds is 6. The van der Waals surface area contributed by atoms with Crippen LogP contribution in [0.3, 0.4) is 0 Å². The topological polar surface area (TPSA) is 24.5 Å².